The minimum Gasteiger partial charge on any atom is -0.480 e. The van der Waals surface area contributed by atoms with Gasteiger partial charge in [-0.05, 0) is 32.9 Å². The van der Waals surface area contributed by atoms with Crippen molar-refractivity contribution < 1.29 is 29.3 Å². The van der Waals surface area contributed by atoms with Crippen molar-refractivity contribution in [1.29, 1.82) is 0 Å². The molecule has 7 heteroatoms. The SMILES string of the molecule is CC(C)(C)OC(=O)C[C@H]1[C@H](O)CN(C(=O)c2ccccc2)[C@@H]1C(=O)O. The molecule has 25 heavy (non-hydrogen) atoms. The van der Waals surface area contributed by atoms with Crippen molar-refractivity contribution in [2.45, 2.75) is 44.9 Å². The Bertz CT molecular complexity index is 651. The van der Waals surface area contributed by atoms with Crippen LogP contribution in [0.3, 0.4) is 0 Å². The first kappa shape index (κ1) is 18.9. The van der Waals surface area contributed by atoms with E-state index in [0.29, 0.717) is 5.56 Å². The predicted octanol–water partition coefficient (Wildman–Crippen LogP) is 1.30. The molecule has 1 fully saturated rings. The minimum absolute atomic E-state index is 0.141. The largest absolute Gasteiger partial charge is 0.480 e. The Hall–Kier alpha value is -2.41. The van der Waals surface area contributed by atoms with Gasteiger partial charge in [-0.15, -0.1) is 0 Å². The van der Waals surface area contributed by atoms with Crippen molar-refractivity contribution in [2.75, 3.05) is 6.54 Å². The molecule has 2 rings (SSSR count). The Kier molecular flexibility index (Phi) is 5.47. The van der Waals surface area contributed by atoms with Crippen molar-refractivity contribution in [3.8, 4) is 0 Å². The van der Waals surface area contributed by atoms with Crippen molar-refractivity contribution in [1.82, 2.24) is 4.90 Å². The van der Waals surface area contributed by atoms with Gasteiger partial charge in [0, 0.05) is 18.0 Å². The lowest BCUT2D eigenvalue weighted by Crippen LogP contribution is -2.44. The zero-order valence-corrected chi connectivity index (χ0v) is 14.5. The van der Waals surface area contributed by atoms with E-state index in [9.17, 15) is 24.6 Å². The zero-order valence-electron chi connectivity index (χ0n) is 14.5. The topological polar surface area (TPSA) is 104 Å². The van der Waals surface area contributed by atoms with Gasteiger partial charge in [0.15, 0.2) is 0 Å². The summed E-state index contributed by atoms with van der Waals surface area (Å²) in [6.45, 7) is 4.97. The van der Waals surface area contributed by atoms with E-state index in [1.54, 1.807) is 51.1 Å². The highest BCUT2D eigenvalue weighted by molar-refractivity contribution is 5.97. The maximum absolute atomic E-state index is 12.6. The lowest BCUT2D eigenvalue weighted by Gasteiger charge is -2.25. The van der Waals surface area contributed by atoms with Crippen LogP contribution in [0.5, 0.6) is 0 Å². The first-order valence-electron chi connectivity index (χ1n) is 8.09. The number of amides is 1. The van der Waals surface area contributed by atoms with Crippen LogP contribution in [0.2, 0.25) is 0 Å². The van der Waals surface area contributed by atoms with E-state index in [-0.39, 0.29) is 13.0 Å². The fraction of sp³-hybridized carbons (Fsp3) is 0.500. The monoisotopic (exact) mass is 349 g/mol. The Morgan fingerprint density at radius 2 is 1.80 bits per heavy atom. The summed E-state index contributed by atoms with van der Waals surface area (Å²) in [6, 6.07) is 6.97. The number of nitrogens with zero attached hydrogens (tertiary/aromatic N) is 1. The van der Waals surface area contributed by atoms with Gasteiger partial charge < -0.3 is 19.8 Å². The number of likely N-dealkylation sites (tertiary alicyclic amines) is 1. The number of carbonyl (C=O) groups excluding carboxylic acids is 2. The second kappa shape index (κ2) is 7.23. The maximum atomic E-state index is 12.6. The molecule has 0 aliphatic carbocycles. The summed E-state index contributed by atoms with van der Waals surface area (Å²) >= 11 is 0. The highest BCUT2D eigenvalue weighted by atomic mass is 16.6. The van der Waals surface area contributed by atoms with Crippen LogP contribution in [0.15, 0.2) is 30.3 Å². The Morgan fingerprint density at radius 1 is 1.20 bits per heavy atom. The number of ether oxygens (including phenoxy) is 1. The molecule has 3 atom stereocenters. The summed E-state index contributed by atoms with van der Waals surface area (Å²) in [5, 5.41) is 19.8. The first-order chi connectivity index (χ1) is 11.6. The average molecular weight is 349 g/mol. The Balaban J connectivity index is 2.20. The number of carbonyl (C=O) groups is 3. The van der Waals surface area contributed by atoms with Crippen LogP contribution in [0.25, 0.3) is 0 Å². The van der Waals surface area contributed by atoms with Gasteiger partial charge in [0.2, 0.25) is 0 Å². The first-order valence-corrected chi connectivity index (χ1v) is 8.09. The summed E-state index contributed by atoms with van der Waals surface area (Å²) in [5.74, 6) is -3.26. The van der Waals surface area contributed by atoms with E-state index in [2.05, 4.69) is 0 Å². The van der Waals surface area contributed by atoms with Crippen molar-refractivity contribution in [3.05, 3.63) is 35.9 Å². The summed E-state index contributed by atoms with van der Waals surface area (Å²) in [7, 11) is 0. The molecule has 1 saturated heterocycles. The van der Waals surface area contributed by atoms with Crippen molar-refractivity contribution in [3.63, 3.8) is 0 Å². The quantitative estimate of drug-likeness (QED) is 0.794. The van der Waals surface area contributed by atoms with Gasteiger partial charge in [0.1, 0.15) is 11.6 Å². The second-order valence-corrected chi connectivity index (χ2v) is 7.13. The number of carboxylic acids is 1. The molecule has 0 unspecified atom stereocenters. The third kappa shape index (κ3) is 4.57. The summed E-state index contributed by atoms with van der Waals surface area (Å²) < 4.78 is 5.21. The van der Waals surface area contributed by atoms with Crippen LogP contribution in [-0.4, -0.2) is 57.3 Å². The average Bonchev–Trinajstić information content (AvgIpc) is 2.82. The van der Waals surface area contributed by atoms with Gasteiger partial charge >= 0.3 is 11.9 Å². The molecule has 0 saturated carbocycles. The Morgan fingerprint density at radius 3 is 2.32 bits per heavy atom. The molecule has 0 aromatic heterocycles. The van der Waals surface area contributed by atoms with Crippen LogP contribution in [-0.2, 0) is 14.3 Å². The van der Waals surface area contributed by atoms with E-state index in [1.807, 2.05) is 0 Å². The van der Waals surface area contributed by atoms with Crippen molar-refractivity contribution in [2.24, 2.45) is 5.92 Å². The lowest BCUT2D eigenvalue weighted by molar-refractivity contribution is -0.157. The third-order valence-corrected chi connectivity index (χ3v) is 3.98. The number of aliphatic hydroxyl groups excluding tert-OH is 1. The maximum Gasteiger partial charge on any atom is 0.326 e. The van der Waals surface area contributed by atoms with Gasteiger partial charge in [-0.1, -0.05) is 18.2 Å². The molecule has 1 aliphatic rings. The smallest absolute Gasteiger partial charge is 0.326 e. The predicted molar refractivity (Wildman–Crippen MR) is 88.9 cm³/mol. The molecule has 7 nitrogen and oxygen atoms in total. The Labute approximate surface area is 146 Å². The molecule has 0 radical (unpaired) electrons. The highest BCUT2D eigenvalue weighted by Crippen LogP contribution is 2.30. The number of aliphatic hydroxyl groups is 1. The molecule has 1 amide bonds. The summed E-state index contributed by atoms with van der Waals surface area (Å²) in [4.78, 5) is 37.5. The van der Waals surface area contributed by atoms with Crippen LogP contribution in [0, 0.1) is 5.92 Å². The highest BCUT2D eigenvalue weighted by Gasteiger charge is 2.48. The van der Waals surface area contributed by atoms with E-state index < -0.39 is 41.5 Å². The summed E-state index contributed by atoms with van der Waals surface area (Å²) in [6.07, 6.45) is -1.38. The molecule has 0 bridgehead atoms. The fourth-order valence-corrected chi connectivity index (χ4v) is 2.99. The van der Waals surface area contributed by atoms with Gasteiger partial charge in [0.05, 0.1) is 12.5 Å². The fourth-order valence-electron chi connectivity index (χ4n) is 2.99. The number of esters is 1. The van der Waals surface area contributed by atoms with Crippen LogP contribution >= 0.6 is 0 Å². The number of rotatable bonds is 4. The molecule has 0 spiro atoms. The number of hydrogen-bond acceptors (Lipinski definition) is 5. The molecule has 1 aromatic carbocycles. The van der Waals surface area contributed by atoms with E-state index in [4.69, 9.17) is 4.74 Å². The molecular formula is C18H23NO6. The number of aliphatic carboxylic acids is 1. The second-order valence-electron chi connectivity index (χ2n) is 7.13. The van der Waals surface area contributed by atoms with E-state index in [0.717, 1.165) is 4.90 Å². The molecular weight excluding hydrogens is 326 g/mol. The third-order valence-electron chi connectivity index (χ3n) is 3.98. The minimum atomic E-state index is -1.28. The van der Waals surface area contributed by atoms with Crippen molar-refractivity contribution >= 4 is 17.8 Å². The van der Waals surface area contributed by atoms with Gasteiger partial charge in [-0.3, -0.25) is 9.59 Å². The standard InChI is InChI=1S/C18H23NO6/c1-18(2,3)25-14(21)9-12-13(20)10-19(15(12)17(23)24)16(22)11-7-5-4-6-8-11/h4-8,12-13,15,20H,9-10H2,1-3H3,(H,23,24)/t12-,13+,15-/m0/s1. The lowest BCUT2D eigenvalue weighted by atomic mass is 9.94. The van der Waals surface area contributed by atoms with Crippen LogP contribution in [0.4, 0.5) is 0 Å². The van der Waals surface area contributed by atoms with E-state index >= 15 is 0 Å². The number of hydrogen-bond donors (Lipinski definition) is 2. The molecule has 2 N–H and O–H groups in total. The number of carboxylic acid groups (broad SMARTS) is 1. The van der Waals surface area contributed by atoms with Gasteiger partial charge in [-0.25, -0.2) is 4.79 Å². The zero-order chi connectivity index (χ0) is 18.8. The van der Waals surface area contributed by atoms with Gasteiger partial charge in [0.25, 0.3) is 5.91 Å². The number of β-amino-alcohol motifs (C(OH)–C–C–N with tert-alkyl or cyclic N) is 1. The molecule has 1 aliphatic heterocycles. The molecule has 1 aromatic rings. The van der Waals surface area contributed by atoms with Crippen LogP contribution in [0.1, 0.15) is 37.6 Å². The van der Waals surface area contributed by atoms with Gasteiger partial charge in [-0.2, -0.15) is 0 Å². The number of benzene rings is 1. The summed E-state index contributed by atoms with van der Waals surface area (Å²) in [5.41, 5.74) is -0.377. The molecule has 1 heterocycles. The van der Waals surface area contributed by atoms with Crippen LogP contribution < -0.4 is 0 Å². The van der Waals surface area contributed by atoms with E-state index in [1.165, 1.54) is 0 Å². The normalized spacial score (nSPS) is 23.4. The molecule has 136 valence electrons.